The molecule has 0 aliphatic carbocycles. The average Bonchev–Trinajstić information content (AvgIpc) is 2.64. The van der Waals surface area contributed by atoms with E-state index in [1.54, 1.807) is 48.5 Å². The number of amides is 1. The van der Waals surface area contributed by atoms with E-state index < -0.39 is 15.9 Å². The summed E-state index contributed by atoms with van der Waals surface area (Å²) in [6, 6.07) is 13.2. The lowest BCUT2D eigenvalue weighted by Gasteiger charge is -2.22. The maximum atomic E-state index is 12.7. The summed E-state index contributed by atoms with van der Waals surface area (Å²) >= 11 is 5.87. The molecule has 0 saturated heterocycles. The van der Waals surface area contributed by atoms with Gasteiger partial charge in [0.2, 0.25) is 0 Å². The molecule has 0 bridgehead atoms. The topological polar surface area (TPSA) is 72.5 Å². The minimum Gasteiger partial charge on any atom is -0.481 e. The van der Waals surface area contributed by atoms with Crippen LogP contribution < -0.4 is 10.1 Å². The molecular weight excluding hydrogens is 386 g/mol. The van der Waals surface area contributed by atoms with Gasteiger partial charge in [0.1, 0.15) is 5.75 Å². The summed E-state index contributed by atoms with van der Waals surface area (Å²) in [5.41, 5.74) is 0.847. The number of rotatable bonds is 8. The van der Waals surface area contributed by atoms with Gasteiger partial charge in [0.05, 0.1) is 10.9 Å². The van der Waals surface area contributed by atoms with E-state index in [4.69, 9.17) is 16.3 Å². The van der Waals surface area contributed by atoms with E-state index in [0.717, 1.165) is 5.56 Å². The lowest BCUT2D eigenvalue weighted by Crippen LogP contribution is -2.39. The van der Waals surface area contributed by atoms with Gasteiger partial charge in [0, 0.05) is 11.3 Å². The first kappa shape index (κ1) is 21.3. The monoisotopic (exact) mass is 409 g/mol. The van der Waals surface area contributed by atoms with Gasteiger partial charge in [-0.25, -0.2) is 8.42 Å². The van der Waals surface area contributed by atoms with Crippen LogP contribution >= 0.6 is 11.6 Å². The largest absolute Gasteiger partial charge is 0.481 e. The zero-order valence-electron chi connectivity index (χ0n) is 15.6. The van der Waals surface area contributed by atoms with Gasteiger partial charge in [-0.05, 0) is 54.8 Å². The van der Waals surface area contributed by atoms with Crippen molar-refractivity contribution in [2.45, 2.75) is 43.7 Å². The predicted octanol–water partition coefficient (Wildman–Crippen LogP) is 4.17. The highest BCUT2D eigenvalue weighted by atomic mass is 35.5. The van der Waals surface area contributed by atoms with Crippen LogP contribution in [0.4, 0.5) is 0 Å². The van der Waals surface area contributed by atoms with E-state index in [2.05, 4.69) is 5.32 Å². The van der Waals surface area contributed by atoms with Crippen LogP contribution in [0.1, 0.15) is 38.3 Å². The second-order valence-corrected chi connectivity index (χ2v) is 8.73. The van der Waals surface area contributed by atoms with Crippen molar-refractivity contribution in [3.05, 3.63) is 59.1 Å². The van der Waals surface area contributed by atoms with Crippen molar-refractivity contribution in [1.82, 2.24) is 5.32 Å². The van der Waals surface area contributed by atoms with Gasteiger partial charge in [-0.2, -0.15) is 0 Å². The van der Waals surface area contributed by atoms with Crippen LogP contribution in [0.25, 0.3) is 0 Å². The number of nitrogens with one attached hydrogen (secondary N) is 1. The normalized spacial score (nSPS) is 13.6. The third kappa shape index (κ3) is 5.97. The van der Waals surface area contributed by atoms with Crippen LogP contribution in [-0.2, 0) is 14.6 Å². The molecule has 0 aromatic heterocycles. The van der Waals surface area contributed by atoms with E-state index >= 15 is 0 Å². The number of carbonyl (C=O) groups excluding carboxylic acids is 1. The molecule has 5 nitrogen and oxygen atoms in total. The minimum absolute atomic E-state index is 0.216. The molecule has 1 N–H and O–H groups in total. The Morgan fingerprint density at radius 3 is 2.11 bits per heavy atom. The van der Waals surface area contributed by atoms with Crippen molar-refractivity contribution in [2.75, 3.05) is 6.26 Å². The standard InChI is InChI=1S/C20H24ClNO4S/c1-4-18(14-6-12-17(13-7-14)27(3,24)25)22-20(23)19(5-2)26-16-10-8-15(21)9-11-16/h6-13,18-19H,4-5H2,1-3H3,(H,22,23)/t18-,19-/m1/s1. The smallest absolute Gasteiger partial charge is 0.261 e. The molecule has 2 rings (SSSR count). The molecule has 0 radical (unpaired) electrons. The molecule has 0 spiro atoms. The second-order valence-electron chi connectivity index (χ2n) is 6.28. The molecule has 7 heteroatoms. The molecule has 0 aliphatic heterocycles. The summed E-state index contributed by atoms with van der Waals surface area (Å²) in [4.78, 5) is 12.9. The first-order valence-electron chi connectivity index (χ1n) is 8.77. The van der Waals surface area contributed by atoms with E-state index in [0.29, 0.717) is 23.6 Å². The first-order valence-corrected chi connectivity index (χ1v) is 11.0. The average molecular weight is 410 g/mol. The molecule has 27 heavy (non-hydrogen) atoms. The van der Waals surface area contributed by atoms with Crippen molar-refractivity contribution in [1.29, 1.82) is 0 Å². The van der Waals surface area contributed by atoms with Crippen LogP contribution in [0.15, 0.2) is 53.4 Å². The number of hydrogen-bond acceptors (Lipinski definition) is 4. The number of carbonyl (C=O) groups is 1. The van der Waals surface area contributed by atoms with Gasteiger partial charge in [-0.15, -0.1) is 0 Å². The van der Waals surface area contributed by atoms with Crippen LogP contribution in [0, 0.1) is 0 Å². The molecule has 0 saturated carbocycles. The highest BCUT2D eigenvalue weighted by Gasteiger charge is 2.22. The number of hydrogen-bond donors (Lipinski definition) is 1. The fourth-order valence-electron chi connectivity index (χ4n) is 2.63. The third-order valence-corrected chi connectivity index (χ3v) is 5.57. The van der Waals surface area contributed by atoms with Crippen LogP contribution in [-0.4, -0.2) is 26.7 Å². The molecule has 0 unspecified atom stereocenters. The molecule has 0 heterocycles. The lowest BCUT2D eigenvalue weighted by molar-refractivity contribution is -0.128. The Kier molecular flexibility index (Phi) is 7.27. The highest BCUT2D eigenvalue weighted by molar-refractivity contribution is 7.90. The number of halogens is 1. The van der Waals surface area contributed by atoms with E-state index in [9.17, 15) is 13.2 Å². The van der Waals surface area contributed by atoms with Gasteiger partial charge in [-0.1, -0.05) is 37.6 Å². The Labute approximate surface area is 165 Å². The van der Waals surface area contributed by atoms with E-state index in [-0.39, 0.29) is 16.8 Å². The molecule has 0 fully saturated rings. The molecule has 1 amide bonds. The molecular formula is C20H24ClNO4S. The zero-order valence-corrected chi connectivity index (χ0v) is 17.2. The maximum absolute atomic E-state index is 12.7. The van der Waals surface area contributed by atoms with Crippen molar-refractivity contribution in [2.24, 2.45) is 0 Å². The lowest BCUT2D eigenvalue weighted by atomic mass is 10.0. The van der Waals surface area contributed by atoms with Gasteiger partial charge in [-0.3, -0.25) is 4.79 Å². The first-order chi connectivity index (χ1) is 12.7. The summed E-state index contributed by atoms with van der Waals surface area (Å²) < 4.78 is 29.0. The fourth-order valence-corrected chi connectivity index (χ4v) is 3.39. The molecule has 2 atom stereocenters. The number of benzene rings is 2. The zero-order chi connectivity index (χ0) is 20.0. The van der Waals surface area contributed by atoms with Gasteiger partial charge in [0.25, 0.3) is 5.91 Å². The third-order valence-electron chi connectivity index (χ3n) is 4.19. The number of ether oxygens (including phenoxy) is 1. The summed E-state index contributed by atoms with van der Waals surface area (Å²) in [6.07, 6.45) is 1.72. The summed E-state index contributed by atoms with van der Waals surface area (Å²) in [7, 11) is -3.25. The van der Waals surface area contributed by atoms with Crippen LogP contribution in [0.3, 0.4) is 0 Å². The Morgan fingerprint density at radius 1 is 1.04 bits per heavy atom. The Balaban J connectivity index is 2.09. The van der Waals surface area contributed by atoms with Gasteiger partial charge in [0.15, 0.2) is 15.9 Å². The molecule has 0 aliphatic rings. The van der Waals surface area contributed by atoms with Gasteiger partial charge < -0.3 is 10.1 Å². The van der Waals surface area contributed by atoms with Crippen LogP contribution in [0.2, 0.25) is 5.02 Å². The van der Waals surface area contributed by atoms with Crippen LogP contribution in [0.5, 0.6) is 5.75 Å². The van der Waals surface area contributed by atoms with Crippen molar-refractivity contribution in [3.8, 4) is 5.75 Å². The van der Waals surface area contributed by atoms with E-state index in [1.807, 2.05) is 13.8 Å². The fraction of sp³-hybridized carbons (Fsp3) is 0.350. The van der Waals surface area contributed by atoms with Crippen molar-refractivity contribution >= 4 is 27.3 Å². The summed E-state index contributed by atoms with van der Waals surface area (Å²) in [5.74, 6) is 0.360. The Hall–Kier alpha value is -2.05. The van der Waals surface area contributed by atoms with Crippen molar-refractivity contribution in [3.63, 3.8) is 0 Å². The SMILES string of the molecule is CC[C@@H](Oc1ccc(Cl)cc1)C(=O)N[C@H](CC)c1ccc(S(C)(=O)=O)cc1. The highest BCUT2D eigenvalue weighted by Crippen LogP contribution is 2.21. The quantitative estimate of drug-likeness (QED) is 0.710. The number of sulfone groups is 1. The summed E-state index contributed by atoms with van der Waals surface area (Å²) in [5, 5.41) is 3.58. The Morgan fingerprint density at radius 2 is 1.63 bits per heavy atom. The summed E-state index contributed by atoms with van der Waals surface area (Å²) in [6.45, 7) is 3.83. The maximum Gasteiger partial charge on any atom is 0.261 e. The minimum atomic E-state index is -3.25. The van der Waals surface area contributed by atoms with E-state index in [1.165, 1.54) is 6.26 Å². The molecule has 146 valence electrons. The molecule has 2 aromatic rings. The second kappa shape index (κ2) is 9.24. The molecule has 2 aromatic carbocycles. The predicted molar refractivity (Wildman–Crippen MR) is 107 cm³/mol. The van der Waals surface area contributed by atoms with Crippen molar-refractivity contribution < 1.29 is 17.9 Å². The van der Waals surface area contributed by atoms with Gasteiger partial charge >= 0.3 is 0 Å². The Bertz CT molecular complexity index is 864.